The van der Waals surface area contributed by atoms with Crippen molar-refractivity contribution in [2.24, 2.45) is 0 Å². The lowest BCUT2D eigenvalue weighted by Crippen LogP contribution is -2.42. The number of aromatic nitrogens is 1. The van der Waals surface area contributed by atoms with Crippen molar-refractivity contribution >= 4 is 15.9 Å². The van der Waals surface area contributed by atoms with Gasteiger partial charge in [-0.15, -0.1) is 0 Å². The van der Waals surface area contributed by atoms with Gasteiger partial charge in [-0.2, -0.15) is 4.31 Å². The van der Waals surface area contributed by atoms with Gasteiger partial charge >= 0.3 is 0 Å². The van der Waals surface area contributed by atoms with Crippen LogP contribution in [0.4, 0.5) is 0 Å². The smallest absolute Gasteiger partial charge is 0.253 e. The number of nitrogens with zero attached hydrogens (tertiary/aromatic N) is 3. The van der Waals surface area contributed by atoms with Crippen LogP contribution in [-0.4, -0.2) is 55.4 Å². The van der Waals surface area contributed by atoms with Gasteiger partial charge in [-0.25, -0.2) is 8.42 Å². The Kier molecular flexibility index (Phi) is 6.52. The summed E-state index contributed by atoms with van der Waals surface area (Å²) in [7, 11) is -0.691. The van der Waals surface area contributed by atoms with Crippen molar-refractivity contribution in [3.05, 3.63) is 40.8 Å². The number of carbonyl (C=O) groups excluding carboxylic acids is 1. The molecule has 1 amide bonds. The Bertz CT molecular complexity index is 1010. The van der Waals surface area contributed by atoms with Crippen molar-refractivity contribution in [2.75, 3.05) is 20.7 Å². The highest BCUT2D eigenvalue weighted by molar-refractivity contribution is 7.89. The molecule has 1 unspecified atom stereocenters. The van der Waals surface area contributed by atoms with E-state index in [4.69, 9.17) is 9.26 Å². The molecule has 30 heavy (non-hydrogen) atoms. The minimum Gasteiger partial charge on any atom is -0.495 e. The first kappa shape index (κ1) is 22.3. The second kappa shape index (κ2) is 8.77. The van der Waals surface area contributed by atoms with Crippen LogP contribution in [0.15, 0.2) is 27.6 Å². The lowest BCUT2D eigenvalue weighted by molar-refractivity contribution is 0.0784. The second-order valence-corrected chi connectivity index (χ2v) is 9.65. The van der Waals surface area contributed by atoms with Gasteiger partial charge in [0, 0.05) is 30.8 Å². The normalized spacial score (nSPS) is 17.7. The SMILES string of the molecule is COc1ccc(C(=O)N(C)Cc2c(C)noc2C)cc1S(=O)(=O)N1CCCCC1C. The maximum atomic E-state index is 13.4. The third kappa shape index (κ3) is 4.22. The van der Waals surface area contributed by atoms with Crippen LogP contribution in [0.3, 0.4) is 0 Å². The molecule has 0 radical (unpaired) electrons. The van der Waals surface area contributed by atoms with E-state index < -0.39 is 10.0 Å². The number of ether oxygens (including phenoxy) is 1. The van der Waals surface area contributed by atoms with E-state index >= 15 is 0 Å². The number of carbonyl (C=O) groups is 1. The van der Waals surface area contributed by atoms with Crippen molar-refractivity contribution in [1.29, 1.82) is 0 Å². The third-order valence-corrected chi connectivity index (χ3v) is 7.70. The number of amides is 1. The number of hydrogen-bond acceptors (Lipinski definition) is 6. The Hall–Kier alpha value is -2.39. The molecule has 8 nitrogen and oxygen atoms in total. The predicted octanol–water partition coefficient (Wildman–Crippen LogP) is 3.14. The van der Waals surface area contributed by atoms with Gasteiger partial charge in [0.1, 0.15) is 16.4 Å². The van der Waals surface area contributed by atoms with Crippen molar-refractivity contribution in [3.8, 4) is 5.75 Å². The first-order valence-corrected chi connectivity index (χ1v) is 11.5. The molecule has 9 heteroatoms. The van der Waals surface area contributed by atoms with E-state index in [0.29, 0.717) is 18.8 Å². The summed E-state index contributed by atoms with van der Waals surface area (Å²) < 4.78 is 38.7. The Morgan fingerprint density at radius 2 is 2.07 bits per heavy atom. The Morgan fingerprint density at radius 1 is 1.33 bits per heavy atom. The van der Waals surface area contributed by atoms with Gasteiger partial charge in [-0.1, -0.05) is 11.6 Å². The summed E-state index contributed by atoms with van der Waals surface area (Å²) in [5, 5.41) is 3.91. The van der Waals surface area contributed by atoms with Crippen LogP contribution in [0.5, 0.6) is 5.75 Å². The molecule has 2 heterocycles. The average Bonchev–Trinajstić information content (AvgIpc) is 3.04. The molecule has 1 fully saturated rings. The van der Waals surface area contributed by atoms with E-state index in [9.17, 15) is 13.2 Å². The summed E-state index contributed by atoms with van der Waals surface area (Å²) in [5.41, 5.74) is 1.85. The lowest BCUT2D eigenvalue weighted by Gasteiger charge is -2.32. The molecule has 0 N–H and O–H groups in total. The Labute approximate surface area is 177 Å². The fourth-order valence-electron chi connectivity index (χ4n) is 3.82. The summed E-state index contributed by atoms with van der Waals surface area (Å²) in [6.07, 6.45) is 2.65. The zero-order chi connectivity index (χ0) is 22.1. The monoisotopic (exact) mass is 435 g/mol. The maximum absolute atomic E-state index is 13.4. The molecule has 1 atom stereocenters. The molecular weight excluding hydrogens is 406 g/mol. The molecule has 3 rings (SSSR count). The summed E-state index contributed by atoms with van der Waals surface area (Å²) in [6.45, 7) is 6.32. The lowest BCUT2D eigenvalue weighted by atomic mass is 10.1. The highest BCUT2D eigenvalue weighted by Crippen LogP contribution is 2.32. The highest BCUT2D eigenvalue weighted by Gasteiger charge is 2.34. The zero-order valence-corrected chi connectivity index (χ0v) is 19.0. The standard InChI is InChI=1S/C21H29N3O5S/c1-14-8-6-7-11-24(14)30(26,27)20-12-17(9-10-19(20)28-5)21(25)23(4)13-18-15(2)22-29-16(18)3/h9-10,12,14H,6-8,11,13H2,1-5H3. The molecule has 1 aromatic carbocycles. The number of rotatable bonds is 6. The van der Waals surface area contributed by atoms with E-state index in [1.54, 1.807) is 26.1 Å². The maximum Gasteiger partial charge on any atom is 0.253 e. The molecule has 164 valence electrons. The van der Waals surface area contributed by atoms with Gasteiger partial charge in [0.2, 0.25) is 10.0 Å². The number of sulfonamides is 1. The van der Waals surface area contributed by atoms with E-state index in [1.807, 2.05) is 13.8 Å². The Morgan fingerprint density at radius 3 is 2.67 bits per heavy atom. The second-order valence-electron chi connectivity index (χ2n) is 7.79. The average molecular weight is 436 g/mol. The van der Waals surface area contributed by atoms with Crippen molar-refractivity contribution in [3.63, 3.8) is 0 Å². The number of piperidine rings is 1. The molecule has 1 aromatic heterocycles. The van der Waals surface area contributed by atoms with Crippen LogP contribution in [0.1, 0.15) is 53.6 Å². The van der Waals surface area contributed by atoms with Crippen LogP contribution in [0.2, 0.25) is 0 Å². The van der Waals surface area contributed by atoms with Crippen LogP contribution in [0, 0.1) is 13.8 Å². The molecule has 1 aliphatic rings. The van der Waals surface area contributed by atoms with Gasteiger partial charge < -0.3 is 14.2 Å². The molecule has 0 aliphatic carbocycles. The molecule has 1 saturated heterocycles. The minimum atomic E-state index is -3.79. The minimum absolute atomic E-state index is 0.0235. The molecule has 0 saturated carbocycles. The van der Waals surface area contributed by atoms with Gasteiger partial charge in [-0.05, 0) is 51.8 Å². The van der Waals surface area contributed by atoms with E-state index in [-0.39, 0.29) is 28.2 Å². The fourth-order valence-corrected chi connectivity index (χ4v) is 5.71. The summed E-state index contributed by atoms with van der Waals surface area (Å²) in [6, 6.07) is 4.46. The van der Waals surface area contributed by atoms with Crippen molar-refractivity contribution < 1.29 is 22.5 Å². The van der Waals surface area contributed by atoms with Gasteiger partial charge in [0.15, 0.2) is 0 Å². The fraction of sp³-hybridized carbons (Fsp3) is 0.524. The number of hydrogen-bond donors (Lipinski definition) is 0. The summed E-state index contributed by atoms with van der Waals surface area (Å²) >= 11 is 0. The largest absolute Gasteiger partial charge is 0.495 e. The van der Waals surface area contributed by atoms with Gasteiger partial charge in [-0.3, -0.25) is 4.79 Å². The molecular formula is C21H29N3O5S. The summed E-state index contributed by atoms with van der Waals surface area (Å²) in [4.78, 5) is 14.6. The van der Waals surface area contributed by atoms with Crippen molar-refractivity contribution in [1.82, 2.24) is 14.4 Å². The topological polar surface area (TPSA) is 93.0 Å². The van der Waals surface area contributed by atoms with Crippen LogP contribution in [-0.2, 0) is 16.6 Å². The number of methoxy groups -OCH3 is 1. The van der Waals surface area contributed by atoms with Crippen LogP contribution in [0.25, 0.3) is 0 Å². The number of aryl methyl sites for hydroxylation is 2. The van der Waals surface area contributed by atoms with E-state index in [2.05, 4.69) is 5.16 Å². The Balaban J connectivity index is 1.93. The van der Waals surface area contributed by atoms with E-state index in [0.717, 1.165) is 30.5 Å². The van der Waals surface area contributed by atoms with Crippen LogP contribution >= 0.6 is 0 Å². The quantitative estimate of drug-likeness (QED) is 0.692. The number of benzene rings is 1. The zero-order valence-electron chi connectivity index (χ0n) is 18.1. The molecule has 1 aliphatic heterocycles. The molecule has 0 spiro atoms. The first-order chi connectivity index (χ1) is 14.2. The predicted molar refractivity (Wildman–Crippen MR) is 112 cm³/mol. The van der Waals surface area contributed by atoms with Crippen LogP contribution < -0.4 is 4.74 Å². The van der Waals surface area contributed by atoms with Gasteiger partial charge in [0.05, 0.1) is 19.3 Å². The molecule has 0 bridgehead atoms. The van der Waals surface area contributed by atoms with Gasteiger partial charge in [0.25, 0.3) is 5.91 Å². The summed E-state index contributed by atoms with van der Waals surface area (Å²) in [5.74, 6) is 0.600. The van der Waals surface area contributed by atoms with Crippen molar-refractivity contribution in [2.45, 2.75) is 57.5 Å². The molecule has 2 aromatic rings. The first-order valence-electron chi connectivity index (χ1n) is 10.0. The third-order valence-electron chi connectivity index (χ3n) is 5.66. The highest BCUT2D eigenvalue weighted by atomic mass is 32.2. The van der Waals surface area contributed by atoms with E-state index in [1.165, 1.54) is 22.4 Å².